The van der Waals surface area contributed by atoms with E-state index in [9.17, 15) is 4.39 Å². The largest absolute Gasteiger partial charge is 0.490 e. The summed E-state index contributed by atoms with van der Waals surface area (Å²) in [7, 11) is 0. The van der Waals surface area contributed by atoms with E-state index in [4.69, 9.17) is 22.1 Å². The van der Waals surface area contributed by atoms with Gasteiger partial charge in [0.15, 0.2) is 0 Å². The zero-order valence-electron chi connectivity index (χ0n) is 11.1. The van der Waals surface area contributed by atoms with Gasteiger partial charge >= 0.3 is 0 Å². The molecule has 2 unspecified atom stereocenters. The van der Waals surface area contributed by atoms with Crippen molar-refractivity contribution >= 4 is 11.6 Å². The molecule has 2 aromatic carbocycles. The van der Waals surface area contributed by atoms with Crippen LogP contribution in [0.5, 0.6) is 5.75 Å². The van der Waals surface area contributed by atoms with Crippen molar-refractivity contribution in [2.75, 3.05) is 0 Å². The van der Waals surface area contributed by atoms with E-state index in [0.29, 0.717) is 10.6 Å². The first-order valence-electron chi connectivity index (χ1n) is 6.54. The molecule has 0 aromatic heterocycles. The van der Waals surface area contributed by atoms with Crippen LogP contribution < -0.4 is 10.5 Å². The molecule has 0 saturated heterocycles. The lowest BCUT2D eigenvalue weighted by atomic mass is 9.96. The molecule has 1 aliphatic rings. The molecule has 0 saturated carbocycles. The molecule has 4 heteroatoms. The fourth-order valence-corrected chi connectivity index (χ4v) is 2.75. The Labute approximate surface area is 122 Å². The van der Waals surface area contributed by atoms with Gasteiger partial charge in [0.05, 0.1) is 6.04 Å². The molecular formula is C16H15ClFNO. The summed E-state index contributed by atoms with van der Waals surface area (Å²) < 4.78 is 19.5. The SMILES string of the molecule is CC1Cc2cc(C(N)c3cc(Cl)ccc3F)ccc2O1. The first-order valence-corrected chi connectivity index (χ1v) is 6.92. The van der Waals surface area contributed by atoms with Crippen LogP contribution in [0.25, 0.3) is 0 Å². The highest BCUT2D eigenvalue weighted by Crippen LogP contribution is 2.33. The Morgan fingerprint density at radius 2 is 2.10 bits per heavy atom. The minimum Gasteiger partial charge on any atom is -0.490 e. The highest BCUT2D eigenvalue weighted by Gasteiger charge is 2.21. The van der Waals surface area contributed by atoms with E-state index in [1.165, 1.54) is 12.1 Å². The first kappa shape index (κ1) is 13.4. The quantitative estimate of drug-likeness (QED) is 0.912. The van der Waals surface area contributed by atoms with Crippen LogP contribution in [0.2, 0.25) is 5.02 Å². The molecule has 0 radical (unpaired) electrons. The molecular weight excluding hydrogens is 277 g/mol. The van der Waals surface area contributed by atoms with Crippen molar-refractivity contribution < 1.29 is 9.13 Å². The Bertz CT molecular complexity index is 659. The Morgan fingerprint density at radius 1 is 1.30 bits per heavy atom. The van der Waals surface area contributed by atoms with Crippen LogP contribution in [0.1, 0.15) is 29.7 Å². The molecule has 20 heavy (non-hydrogen) atoms. The summed E-state index contributed by atoms with van der Waals surface area (Å²) in [5.41, 5.74) is 8.56. The molecule has 3 rings (SSSR count). The number of ether oxygens (including phenoxy) is 1. The third kappa shape index (κ3) is 2.39. The molecule has 2 atom stereocenters. The van der Waals surface area contributed by atoms with E-state index in [1.54, 1.807) is 6.07 Å². The second kappa shape index (κ2) is 5.08. The van der Waals surface area contributed by atoms with Crippen molar-refractivity contribution in [3.05, 3.63) is 63.9 Å². The van der Waals surface area contributed by atoms with Crippen LogP contribution >= 0.6 is 11.6 Å². The lowest BCUT2D eigenvalue weighted by Gasteiger charge is -2.14. The van der Waals surface area contributed by atoms with Gasteiger partial charge in [0, 0.05) is 17.0 Å². The number of rotatable bonds is 2. The lowest BCUT2D eigenvalue weighted by molar-refractivity contribution is 0.254. The van der Waals surface area contributed by atoms with E-state index >= 15 is 0 Å². The lowest BCUT2D eigenvalue weighted by Crippen LogP contribution is -2.13. The molecule has 0 fully saturated rings. The molecule has 0 spiro atoms. The van der Waals surface area contributed by atoms with Crippen molar-refractivity contribution in [1.29, 1.82) is 0 Å². The minimum absolute atomic E-state index is 0.180. The number of halogens is 2. The molecule has 1 heterocycles. The second-order valence-corrected chi connectivity index (χ2v) is 5.58. The van der Waals surface area contributed by atoms with Gasteiger partial charge in [0.2, 0.25) is 0 Å². The molecule has 0 aliphatic carbocycles. The maximum absolute atomic E-state index is 13.9. The highest BCUT2D eigenvalue weighted by molar-refractivity contribution is 6.30. The van der Waals surface area contributed by atoms with Gasteiger partial charge in [0.25, 0.3) is 0 Å². The fourth-order valence-electron chi connectivity index (χ4n) is 2.57. The van der Waals surface area contributed by atoms with E-state index in [0.717, 1.165) is 23.3 Å². The molecule has 0 amide bonds. The van der Waals surface area contributed by atoms with Crippen LogP contribution in [0, 0.1) is 5.82 Å². The van der Waals surface area contributed by atoms with Gasteiger partial charge < -0.3 is 10.5 Å². The Kier molecular flexibility index (Phi) is 3.40. The zero-order chi connectivity index (χ0) is 14.3. The summed E-state index contributed by atoms with van der Waals surface area (Å²) in [6, 6.07) is 9.67. The summed E-state index contributed by atoms with van der Waals surface area (Å²) in [5, 5.41) is 0.481. The van der Waals surface area contributed by atoms with Crippen LogP contribution in [-0.4, -0.2) is 6.10 Å². The topological polar surface area (TPSA) is 35.2 Å². The zero-order valence-corrected chi connectivity index (χ0v) is 11.8. The minimum atomic E-state index is -0.532. The summed E-state index contributed by atoms with van der Waals surface area (Å²) in [6.07, 6.45) is 1.04. The fraction of sp³-hybridized carbons (Fsp3) is 0.250. The molecule has 0 bridgehead atoms. The van der Waals surface area contributed by atoms with Crippen molar-refractivity contribution in [3.8, 4) is 5.75 Å². The van der Waals surface area contributed by atoms with Crippen LogP contribution in [0.4, 0.5) is 4.39 Å². The van der Waals surface area contributed by atoms with Gasteiger partial charge in [-0.15, -0.1) is 0 Å². The molecule has 104 valence electrons. The van der Waals surface area contributed by atoms with E-state index in [-0.39, 0.29) is 11.9 Å². The van der Waals surface area contributed by atoms with Crippen molar-refractivity contribution in [2.24, 2.45) is 5.73 Å². The van der Waals surface area contributed by atoms with Crippen molar-refractivity contribution in [2.45, 2.75) is 25.5 Å². The van der Waals surface area contributed by atoms with Gasteiger partial charge in [-0.2, -0.15) is 0 Å². The third-order valence-corrected chi connectivity index (χ3v) is 3.81. The smallest absolute Gasteiger partial charge is 0.128 e. The van der Waals surface area contributed by atoms with Crippen LogP contribution in [-0.2, 0) is 6.42 Å². The number of hydrogen-bond donors (Lipinski definition) is 1. The predicted octanol–water partition coefficient (Wildman–Crippen LogP) is 3.85. The molecule has 1 aliphatic heterocycles. The molecule has 2 aromatic rings. The summed E-state index contributed by atoms with van der Waals surface area (Å²) in [6.45, 7) is 2.02. The Morgan fingerprint density at radius 3 is 2.90 bits per heavy atom. The Hall–Kier alpha value is -1.58. The average molecular weight is 292 g/mol. The number of hydrogen-bond acceptors (Lipinski definition) is 2. The second-order valence-electron chi connectivity index (χ2n) is 5.14. The third-order valence-electron chi connectivity index (χ3n) is 3.57. The summed E-state index contributed by atoms with van der Waals surface area (Å²) in [4.78, 5) is 0. The normalized spacial score (nSPS) is 18.5. The number of fused-ring (bicyclic) bond motifs is 1. The standard InChI is InChI=1S/C16H15ClFNO/c1-9-6-11-7-10(2-5-15(11)20-9)16(19)13-8-12(17)3-4-14(13)18/h2-5,7-9,16H,6,19H2,1H3. The number of benzene rings is 2. The van der Waals surface area contributed by atoms with Crippen molar-refractivity contribution in [3.63, 3.8) is 0 Å². The maximum Gasteiger partial charge on any atom is 0.128 e. The molecule has 2 N–H and O–H groups in total. The van der Waals surface area contributed by atoms with E-state index < -0.39 is 6.04 Å². The van der Waals surface area contributed by atoms with Crippen LogP contribution in [0.3, 0.4) is 0 Å². The summed E-state index contributed by atoms with van der Waals surface area (Å²) in [5.74, 6) is 0.548. The highest BCUT2D eigenvalue weighted by atomic mass is 35.5. The summed E-state index contributed by atoms with van der Waals surface area (Å²) >= 11 is 5.92. The first-order chi connectivity index (χ1) is 9.54. The van der Waals surface area contributed by atoms with Crippen molar-refractivity contribution in [1.82, 2.24) is 0 Å². The van der Waals surface area contributed by atoms with E-state index in [2.05, 4.69) is 0 Å². The number of nitrogens with two attached hydrogens (primary N) is 1. The predicted molar refractivity (Wildman–Crippen MR) is 77.7 cm³/mol. The van der Waals surface area contributed by atoms with Gasteiger partial charge in [-0.3, -0.25) is 0 Å². The van der Waals surface area contributed by atoms with Gasteiger partial charge in [-0.1, -0.05) is 23.7 Å². The monoisotopic (exact) mass is 291 g/mol. The Balaban J connectivity index is 1.97. The average Bonchev–Trinajstić information content (AvgIpc) is 2.79. The van der Waals surface area contributed by atoms with Crippen LogP contribution in [0.15, 0.2) is 36.4 Å². The molecule has 2 nitrogen and oxygen atoms in total. The maximum atomic E-state index is 13.9. The van der Waals surface area contributed by atoms with Gasteiger partial charge in [0.1, 0.15) is 17.7 Å². The van der Waals surface area contributed by atoms with Gasteiger partial charge in [-0.05, 0) is 42.3 Å². The van der Waals surface area contributed by atoms with Gasteiger partial charge in [-0.25, -0.2) is 4.39 Å². The van der Waals surface area contributed by atoms with E-state index in [1.807, 2.05) is 25.1 Å².